The van der Waals surface area contributed by atoms with Crippen molar-refractivity contribution in [2.75, 3.05) is 39.3 Å². The van der Waals surface area contributed by atoms with E-state index in [0.29, 0.717) is 25.2 Å². The number of benzene rings is 1. The highest BCUT2D eigenvalue weighted by atomic mass is 32.1. The Kier molecular flexibility index (Phi) is 5.91. The number of carbonyl (C=O) groups excluding carboxylic acids is 2. The normalized spacial score (nSPS) is 15.7. The molecular formula is C18H25N5O3S. The van der Waals surface area contributed by atoms with E-state index in [9.17, 15) is 9.59 Å². The first-order chi connectivity index (χ1) is 12.8. The van der Waals surface area contributed by atoms with Crippen molar-refractivity contribution in [2.24, 2.45) is 0 Å². The number of aromatic nitrogens is 2. The maximum Gasteiger partial charge on any atom is 0.410 e. The first kappa shape index (κ1) is 19.5. The van der Waals surface area contributed by atoms with Gasteiger partial charge in [0.1, 0.15) is 16.6 Å². The lowest BCUT2D eigenvalue weighted by Crippen LogP contribution is -2.51. The van der Waals surface area contributed by atoms with E-state index in [4.69, 9.17) is 4.74 Å². The van der Waals surface area contributed by atoms with E-state index in [-0.39, 0.29) is 12.0 Å². The number of ether oxygens (including phenoxy) is 1. The highest BCUT2D eigenvalue weighted by molar-refractivity contribution is 7.00. The molecule has 0 aliphatic carbocycles. The van der Waals surface area contributed by atoms with Crippen LogP contribution in [0.4, 0.5) is 4.79 Å². The minimum absolute atomic E-state index is 0.114. The van der Waals surface area contributed by atoms with Gasteiger partial charge in [0.15, 0.2) is 0 Å². The molecule has 1 saturated heterocycles. The summed E-state index contributed by atoms with van der Waals surface area (Å²) in [6.07, 6.45) is -0.262. The third-order valence-electron chi connectivity index (χ3n) is 4.25. The van der Waals surface area contributed by atoms with Crippen LogP contribution in [0.25, 0.3) is 11.0 Å². The van der Waals surface area contributed by atoms with Crippen LogP contribution in [-0.2, 0) is 4.74 Å². The summed E-state index contributed by atoms with van der Waals surface area (Å²) >= 11 is 1.14. The van der Waals surface area contributed by atoms with E-state index in [0.717, 1.165) is 42.4 Å². The third kappa shape index (κ3) is 5.36. The predicted molar refractivity (Wildman–Crippen MR) is 104 cm³/mol. The van der Waals surface area contributed by atoms with Gasteiger partial charge in [-0.1, -0.05) is 0 Å². The molecule has 9 heteroatoms. The first-order valence-electron chi connectivity index (χ1n) is 9.03. The molecule has 2 aromatic rings. The monoisotopic (exact) mass is 391 g/mol. The van der Waals surface area contributed by atoms with E-state index in [1.54, 1.807) is 17.0 Å². The fourth-order valence-corrected chi connectivity index (χ4v) is 3.35. The minimum Gasteiger partial charge on any atom is -0.444 e. The Morgan fingerprint density at radius 1 is 1.15 bits per heavy atom. The number of fused-ring (bicyclic) bond motifs is 1. The van der Waals surface area contributed by atoms with Crippen molar-refractivity contribution in [2.45, 2.75) is 26.4 Å². The SMILES string of the molecule is CC(C)(C)OC(=O)N1CCN(CCNC(=O)c2ccc3nsnc3c2)CC1. The first-order valence-corrected chi connectivity index (χ1v) is 9.76. The van der Waals surface area contributed by atoms with Gasteiger partial charge in [-0.2, -0.15) is 8.75 Å². The summed E-state index contributed by atoms with van der Waals surface area (Å²) in [6.45, 7) is 9.71. The zero-order valence-electron chi connectivity index (χ0n) is 15.9. The zero-order chi connectivity index (χ0) is 19.4. The van der Waals surface area contributed by atoms with Gasteiger partial charge in [0.2, 0.25) is 0 Å². The number of rotatable bonds is 4. The van der Waals surface area contributed by atoms with E-state index in [2.05, 4.69) is 19.0 Å². The molecule has 1 aliphatic heterocycles. The fourth-order valence-electron chi connectivity index (χ4n) is 2.83. The standard InChI is InChI=1S/C18H25N5O3S/c1-18(2,3)26-17(25)23-10-8-22(9-11-23)7-6-19-16(24)13-4-5-14-15(12-13)21-27-20-14/h4-5,12H,6-11H2,1-3H3,(H,19,24). The Balaban J connectivity index is 1.40. The number of hydrogen-bond acceptors (Lipinski definition) is 7. The predicted octanol–water partition coefficient (Wildman–Crippen LogP) is 1.97. The van der Waals surface area contributed by atoms with Crippen molar-refractivity contribution in [3.63, 3.8) is 0 Å². The van der Waals surface area contributed by atoms with Gasteiger partial charge >= 0.3 is 6.09 Å². The van der Waals surface area contributed by atoms with E-state index in [1.165, 1.54) is 0 Å². The average molecular weight is 391 g/mol. The Morgan fingerprint density at radius 2 is 1.85 bits per heavy atom. The van der Waals surface area contributed by atoms with Crippen molar-refractivity contribution in [3.05, 3.63) is 23.8 Å². The molecule has 2 amide bonds. The molecule has 1 aromatic heterocycles. The summed E-state index contributed by atoms with van der Waals surface area (Å²) in [6, 6.07) is 5.33. The van der Waals surface area contributed by atoms with Gasteiger partial charge < -0.3 is 15.0 Å². The number of nitrogens with zero attached hydrogens (tertiary/aromatic N) is 4. The Labute approximate surface area is 162 Å². The summed E-state index contributed by atoms with van der Waals surface area (Å²) in [5.74, 6) is -0.114. The van der Waals surface area contributed by atoms with Crippen LogP contribution in [0.5, 0.6) is 0 Å². The van der Waals surface area contributed by atoms with Crippen LogP contribution in [0.2, 0.25) is 0 Å². The quantitative estimate of drug-likeness (QED) is 0.857. The maximum absolute atomic E-state index is 12.3. The summed E-state index contributed by atoms with van der Waals surface area (Å²) in [7, 11) is 0. The largest absolute Gasteiger partial charge is 0.444 e. The second kappa shape index (κ2) is 8.18. The van der Waals surface area contributed by atoms with E-state index in [1.807, 2.05) is 26.8 Å². The van der Waals surface area contributed by atoms with Gasteiger partial charge in [-0.25, -0.2) is 4.79 Å². The molecule has 0 unspecified atom stereocenters. The van der Waals surface area contributed by atoms with Crippen molar-refractivity contribution in [1.82, 2.24) is 23.9 Å². The van der Waals surface area contributed by atoms with Crippen LogP contribution in [0, 0.1) is 0 Å². The number of piperazine rings is 1. The van der Waals surface area contributed by atoms with Crippen molar-refractivity contribution >= 4 is 34.8 Å². The molecule has 3 rings (SSSR count). The summed E-state index contributed by atoms with van der Waals surface area (Å²) < 4.78 is 13.7. The Bertz CT molecular complexity index is 809. The number of hydrogen-bond donors (Lipinski definition) is 1. The highest BCUT2D eigenvalue weighted by Gasteiger charge is 2.25. The number of amides is 2. The van der Waals surface area contributed by atoms with Gasteiger partial charge in [0.05, 0.1) is 11.7 Å². The average Bonchev–Trinajstić information content (AvgIpc) is 3.08. The summed E-state index contributed by atoms with van der Waals surface area (Å²) in [5, 5.41) is 2.94. The van der Waals surface area contributed by atoms with Crippen LogP contribution >= 0.6 is 11.7 Å². The van der Waals surface area contributed by atoms with Crippen LogP contribution < -0.4 is 5.32 Å². The molecular weight excluding hydrogens is 366 g/mol. The van der Waals surface area contributed by atoms with Crippen LogP contribution in [0.15, 0.2) is 18.2 Å². The molecule has 0 atom stereocenters. The van der Waals surface area contributed by atoms with Gasteiger partial charge in [0, 0.05) is 44.8 Å². The maximum atomic E-state index is 12.3. The Hall–Kier alpha value is -2.26. The summed E-state index contributed by atoms with van der Waals surface area (Å²) in [4.78, 5) is 28.3. The minimum atomic E-state index is -0.476. The van der Waals surface area contributed by atoms with Crippen LogP contribution in [0.1, 0.15) is 31.1 Å². The molecule has 146 valence electrons. The van der Waals surface area contributed by atoms with E-state index < -0.39 is 5.60 Å². The smallest absolute Gasteiger partial charge is 0.410 e. The highest BCUT2D eigenvalue weighted by Crippen LogP contribution is 2.14. The van der Waals surface area contributed by atoms with Crippen molar-refractivity contribution in [1.29, 1.82) is 0 Å². The van der Waals surface area contributed by atoms with Crippen LogP contribution in [0.3, 0.4) is 0 Å². The topological polar surface area (TPSA) is 87.7 Å². The molecule has 0 spiro atoms. The molecule has 1 N–H and O–H groups in total. The molecule has 27 heavy (non-hydrogen) atoms. The molecule has 0 saturated carbocycles. The van der Waals surface area contributed by atoms with E-state index >= 15 is 0 Å². The Morgan fingerprint density at radius 3 is 2.56 bits per heavy atom. The van der Waals surface area contributed by atoms with Crippen molar-refractivity contribution < 1.29 is 14.3 Å². The van der Waals surface area contributed by atoms with Gasteiger partial charge in [-0.3, -0.25) is 9.69 Å². The molecule has 1 fully saturated rings. The van der Waals surface area contributed by atoms with Gasteiger partial charge in [-0.15, -0.1) is 0 Å². The second-order valence-corrected chi connectivity index (χ2v) is 8.06. The third-order valence-corrected chi connectivity index (χ3v) is 4.81. The lowest BCUT2D eigenvalue weighted by atomic mass is 10.2. The molecule has 2 heterocycles. The zero-order valence-corrected chi connectivity index (χ0v) is 16.7. The van der Waals surface area contributed by atoms with Crippen LogP contribution in [-0.4, -0.2) is 75.4 Å². The second-order valence-electron chi connectivity index (χ2n) is 7.53. The number of nitrogens with one attached hydrogen (secondary N) is 1. The molecule has 1 aromatic carbocycles. The molecule has 0 radical (unpaired) electrons. The van der Waals surface area contributed by atoms with Crippen molar-refractivity contribution in [3.8, 4) is 0 Å². The van der Waals surface area contributed by atoms with Gasteiger partial charge in [0.25, 0.3) is 5.91 Å². The lowest BCUT2D eigenvalue weighted by Gasteiger charge is -2.35. The molecule has 0 bridgehead atoms. The fraction of sp³-hybridized carbons (Fsp3) is 0.556. The number of carbonyl (C=O) groups is 2. The lowest BCUT2D eigenvalue weighted by molar-refractivity contribution is 0.0147. The van der Waals surface area contributed by atoms with Gasteiger partial charge in [-0.05, 0) is 39.0 Å². The summed E-state index contributed by atoms with van der Waals surface area (Å²) in [5.41, 5.74) is 1.66. The molecule has 1 aliphatic rings. The molecule has 8 nitrogen and oxygen atoms in total.